The normalized spacial score (nSPS) is 13.3. The van der Waals surface area contributed by atoms with Crippen molar-refractivity contribution in [3.05, 3.63) is 0 Å². The lowest BCUT2D eigenvalue weighted by Gasteiger charge is -2.16. The van der Waals surface area contributed by atoms with E-state index in [0.717, 1.165) is 32.1 Å². The molecule has 86 valence electrons. The van der Waals surface area contributed by atoms with Gasteiger partial charge >= 0.3 is 0 Å². The van der Waals surface area contributed by atoms with Crippen molar-refractivity contribution < 1.29 is 5.11 Å². The van der Waals surface area contributed by atoms with E-state index in [0.29, 0.717) is 6.42 Å². The van der Waals surface area contributed by atoms with Crippen LogP contribution < -0.4 is 0 Å². The predicted molar refractivity (Wildman–Crippen MR) is 64.3 cm³/mol. The zero-order chi connectivity index (χ0) is 11.2. The molecular formula is C10H19Cl3O. The Hall–Kier alpha value is 0.830. The van der Waals surface area contributed by atoms with E-state index in [4.69, 9.17) is 34.8 Å². The SMILES string of the molecule is CC(C)(O)CCCCCCC(Cl)(Cl)Cl. The van der Waals surface area contributed by atoms with Gasteiger partial charge in [0.05, 0.1) is 5.60 Å². The first-order valence-corrected chi connectivity index (χ1v) is 6.13. The van der Waals surface area contributed by atoms with Crippen molar-refractivity contribution >= 4 is 34.8 Å². The van der Waals surface area contributed by atoms with Gasteiger partial charge in [-0.2, -0.15) is 0 Å². The summed E-state index contributed by atoms with van der Waals surface area (Å²) in [6, 6.07) is 0. The van der Waals surface area contributed by atoms with E-state index in [2.05, 4.69) is 0 Å². The molecule has 0 spiro atoms. The third-order valence-electron chi connectivity index (χ3n) is 2.00. The standard InChI is InChI=1S/C10H19Cl3O/c1-9(2,14)7-5-3-4-6-8-10(11,12)13/h14H,3-8H2,1-2H3. The summed E-state index contributed by atoms with van der Waals surface area (Å²) in [6.45, 7) is 3.66. The van der Waals surface area contributed by atoms with E-state index in [-0.39, 0.29) is 0 Å². The molecule has 0 aromatic rings. The summed E-state index contributed by atoms with van der Waals surface area (Å²) in [5.41, 5.74) is -0.546. The summed E-state index contributed by atoms with van der Waals surface area (Å²) in [6.07, 6.45) is 5.56. The number of unbranched alkanes of at least 4 members (excludes halogenated alkanes) is 3. The number of rotatable bonds is 6. The average molecular weight is 262 g/mol. The highest BCUT2D eigenvalue weighted by Gasteiger charge is 2.18. The zero-order valence-corrected chi connectivity index (χ0v) is 11.1. The van der Waals surface area contributed by atoms with Crippen molar-refractivity contribution in [2.75, 3.05) is 0 Å². The smallest absolute Gasteiger partial charge is 0.190 e. The monoisotopic (exact) mass is 260 g/mol. The molecule has 0 aliphatic rings. The van der Waals surface area contributed by atoms with E-state index in [9.17, 15) is 5.11 Å². The third kappa shape index (κ3) is 12.8. The number of hydrogen-bond acceptors (Lipinski definition) is 1. The molecule has 0 unspecified atom stereocenters. The molecule has 0 atom stereocenters. The predicted octanol–water partition coefficient (Wildman–Crippen LogP) is 4.47. The molecule has 0 saturated heterocycles. The van der Waals surface area contributed by atoms with Crippen LogP contribution in [0.5, 0.6) is 0 Å². The van der Waals surface area contributed by atoms with E-state index < -0.39 is 9.39 Å². The van der Waals surface area contributed by atoms with Crippen LogP contribution in [-0.4, -0.2) is 14.5 Å². The Morgan fingerprint density at radius 2 is 1.29 bits per heavy atom. The van der Waals surface area contributed by atoms with Gasteiger partial charge in [-0.15, -0.1) is 0 Å². The summed E-state index contributed by atoms with van der Waals surface area (Å²) in [5, 5.41) is 9.44. The Morgan fingerprint density at radius 1 is 0.857 bits per heavy atom. The van der Waals surface area contributed by atoms with Gasteiger partial charge in [-0.25, -0.2) is 0 Å². The van der Waals surface area contributed by atoms with Crippen LogP contribution >= 0.6 is 34.8 Å². The molecule has 0 fully saturated rings. The van der Waals surface area contributed by atoms with Gasteiger partial charge in [0.1, 0.15) is 0 Å². The fraction of sp³-hybridized carbons (Fsp3) is 1.00. The van der Waals surface area contributed by atoms with Gasteiger partial charge in [-0.1, -0.05) is 54.1 Å². The minimum absolute atomic E-state index is 0.546. The highest BCUT2D eigenvalue weighted by molar-refractivity contribution is 6.67. The quantitative estimate of drug-likeness (QED) is 0.552. The summed E-state index contributed by atoms with van der Waals surface area (Å²) >= 11 is 16.8. The molecule has 14 heavy (non-hydrogen) atoms. The second-order valence-electron chi connectivity index (χ2n) is 4.34. The minimum Gasteiger partial charge on any atom is -0.390 e. The zero-order valence-electron chi connectivity index (χ0n) is 8.82. The number of halogens is 3. The van der Waals surface area contributed by atoms with E-state index in [1.165, 1.54) is 0 Å². The van der Waals surface area contributed by atoms with Crippen LogP contribution in [0.25, 0.3) is 0 Å². The molecule has 4 heteroatoms. The molecule has 1 N–H and O–H groups in total. The lowest BCUT2D eigenvalue weighted by molar-refractivity contribution is 0.0680. The fourth-order valence-corrected chi connectivity index (χ4v) is 1.64. The third-order valence-corrected chi connectivity index (χ3v) is 2.57. The van der Waals surface area contributed by atoms with Crippen LogP contribution in [0.2, 0.25) is 0 Å². The average Bonchev–Trinajstić information content (AvgIpc) is 1.92. The summed E-state index contributed by atoms with van der Waals surface area (Å²) in [5.74, 6) is 0. The van der Waals surface area contributed by atoms with Crippen molar-refractivity contribution in [2.24, 2.45) is 0 Å². The van der Waals surface area contributed by atoms with Gasteiger partial charge in [0.15, 0.2) is 3.79 Å². The number of hydrogen-bond donors (Lipinski definition) is 1. The first kappa shape index (κ1) is 14.8. The Kier molecular flexibility index (Phi) is 6.80. The molecular weight excluding hydrogens is 242 g/mol. The first-order chi connectivity index (χ1) is 6.21. The largest absolute Gasteiger partial charge is 0.390 e. The van der Waals surface area contributed by atoms with Crippen LogP contribution in [0.3, 0.4) is 0 Å². The summed E-state index contributed by atoms with van der Waals surface area (Å²) in [7, 11) is 0. The van der Waals surface area contributed by atoms with Crippen molar-refractivity contribution in [1.29, 1.82) is 0 Å². The molecule has 0 aromatic carbocycles. The van der Waals surface area contributed by atoms with Crippen molar-refractivity contribution in [2.45, 2.75) is 61.8 Å². The van der Waals surface area contributed by atoms with Crippen LogP contribution in [0.1, 0.15) is 52.4 Å². The van der Waals surface area contributed by atoms with Gasteiger partial charge in [-0.05, 0) is 33.1 Å². The summed E-state index contributed by atoms with van der Waals surface area (Å²) < 4.78 is -1.10. The minimum atomic E-state index is -1.10. The molecule has 0 rings (SSSR count). The maximum Gasteiger partial charge on any atom is 0.190 e. The number of aliphatic hydroxyl groups is 1. The van der Waals surface area contributed by atoms with Crippen LogP contribution in [-0.2, 0) is 0 Å². The van der Waals surface area contributed by atoms with Gasteiger partial charge < -0.3 is 5.11 Å². The second-order valence-corrected chi connectivity index (χ2v) is 6.86. The topological polar surface area (TPSA) is 20.2 Å². The molecule has 1 nitrogen and oxygen atoms in total. The molecule has 0 bridgehead atoms. The lowest BCUT2D eigenvalue weighted by Crippen LogP contribution is -2.17. The van der Waals surface area contributed by atoms with E-state index in [1.54, 1.807) is 0 Å². The highest BCUT2D eigenvalue weighted by Crippen LogP contribution is 2.32. The van der Waals surface area contributed by atoms with Crippen molar-refractivity contribution in [3.8, 4) is 0 Å². The number of alkyl halides is 3. The van der Waals surface area contributed by atoms with Crippen LogP contribution in [0.15, 0.2) is 0 Å². The van der Waals surface area contributed by atoms with Gasteiger partial charge in [-0.3, -0.25) is 0 Å². The fourth-order valence-electron chi connectivity index (χ4n) is 1.24. The van der Waals surface area contributed by atoms with E-state index >= 15 is 0 Å². The second kappa shape index (κ2) is 6.42. The van der Waals surface area contributed by atoms with Gasteiger partial charge in [0.2, 0.25) is 0 Å². The molecule has 0 amide bonds. The first-order valence-electron chi connectivity index (χ1n) is 5.00. The Morgan fingerprint density at radius 3 is 1.64 bits per heavy atom. The lowest BCUT2D eigenvalue weighted by atomic mass is 10.0. The molecule has 0 radical (unpaired) electrons. The maximum absolute atomic E-state index is 9.44. The maximum atomic E-state index is 9.44. The van der Waals surface area contributed by atoms with Crippen LogP contribution in [0.4, 0.5) is 0 Å². The molecule has 0 aromatic heterocycles. The molecule has 0 heterocycles. The van der Waals surface area contributed by atoms with Gasteiger partial charge in [0.25, 0.3) is 0 Å². The van der Waals surface area contributed by atoms with Crippen molar-refractivity contribution in [3.63, 3.8) is 0 Å². The Labute approximate surface area is 102 Å². The Balaban J connectivity index is 3.23. The summed E-state index contributed by atoms with van der Waals surface area (Å²) in [4.78, 5) is 0. The molecule has 0 saturated carbocycles. The van der Waals surface area contributed by atoms with Crippen molar-refractivity contribution in [1.82, 2.24) is 0 Å². The van der Waals surface area contributed by atoms with Gasteiger partial charge in [0, 0.05) is 0 Å². The highest BCUT2D eigenvalue weighted by atomic mass is 35.6. The molecule has 0 aliphatic carbocycles. The van der Waals surface area contributed by atoms with E-state index in [1.807, 2.05) is 13.8 Å². The molecule has 0 aliphatic heterocycles. The Bertz CT molecular complexity index is 128. The van der Waals surface area contributed by atoms with Crippen LogP contribution in [0, 0.1) is 0 Å².